The van der Waals surface area contributed by atoms with Gasteiger partial charge in [-0.15, -0.1) is 0 Å². The maximum Gasteiger partial charge on any atom is 0.181 e. The number of Topliss-reactive ketones (excluding diaryl/α,β-unsaturated/α-hetero) is 1. The summed E-state index contributed by atoms with van der Waals surface area (Å²) in [5, 5.41) is 9.40. The summed E-state index contributed by atoms with van der Waals surface area (Å²) < 4.78 is 0. The van der Waals surface area contributed by atoms with Crippen LogP contribution in [0, 0.1) is 23.2 Å². The van der Waals surface area contributed by atoms with Crippen LogP contribution in [-0.4, -0.2) is 5.78 Å². The monoisotopic (exact) mass is 235 g/mol. The lowest BCUT2D eigenvalue weighted by atomic mass is 9.91. The summed E-state index contributed by atoms with van der Waals surface area (Å²) in [6, 6.07) is 8.90. The third kappa shape index (κ3) is 3.08. The van der Waals surface area contributed by atoms with Gasteiger partial charge in [0.2, 0.25) is 0 Å². The number of rotatable bonds is 4. The third-order valence-electron chi connectivity index (χ3n) is 2.32. The van der Waals surface area contributed by atoms with Crippen LogP contribution in [0.2, 0.25) is 5.02 Å². The van der Waals surface area contributed by atoms with E-state index in [0.717, 1.165) is 0 Å². The lowest BCUT2D eigenvalue weighted by molar-refractivity contribution is 0.0937. The Morgan fingerprint density at radius 1 is 1.44 bits per heavy atom. The molecule has 1 unspecified atom stereocenters. The van der Waals surface area contributed by atoms with Gasteiger partial charge in [0.1, 0.15) is 5.92 Å². The molecule has 0 aliphatic heterocycles. The molecule has 0 fully saturated rings. The van der Waals surface area contributed by atoms with Crippen LogP contribution in [0.3, 0.4) is 0 Å². The molecular formula is C13H14ClNO. The number of carbonyl (C=O) groups is 1. The molecule has 0 radical (unpaired) electrons. The van der Waals surface area contributed by atoms with E-state index in [4.69, 9.17) is 16.9 Å². The molecule has 2 nitrogen and oxygen atoms in total. The summed E-state index contributed by atoms with van der Waals surface area (Å²) in [4.78, 5) is 12.0. The van der Waals surface area contributed by atoms with Gasteiger partial charge in [0.05, 0.1) is 11.1 Å². The summed E-state index contributed by atoms with van der Waals surface area (Å²) in [5.74, 6) is -0.460. The maximum absolute atomic E-state index is 12.0. The highest BCUT2D eigenvalue weighted by Crippen LogP contribution is 2.22. The molecule has 1 rings (SSSR count). The van der Waals surface area contributed by atoms with Crippen LogP contribution in [0.15, 0.2) is 24.3 Å². The number of carbonyl (C=O) groups excluding carboxylic acids is 1. The molecule has 84 valence electrons. The van der Waals surface area contributed by atoms with Crippen molar-refractivity contribution in [3.05, 3.63) is 34.9 Å². The quantitative estimate of drug-likeness (QED) is 0.747. The van der Waals surface area contributed by atoms with Gasteiger partial charge in [0, 0.05) is 5.56 Å². The summed E-state index contributed by atoms with van der Waals surface area (Å²) in [5.41, 5.74) is 0.441. The molecule has 0 N–H and O–H groups in total. The molecule has 1 atom stereocenters. The zero-order chi connectivity index (χ0) is 12.1. The van der Waals surface area contributed by atoms with E-state index in [-0.39, 0.29) is 5.78 Å². The van der Waals surface area contributed by atoms with Crippen molar-refractivity contribution in [2.45, 2.75) is 20.3 Å². The molecule has 0 spiro atoms. The van der Waals surface area contributed by atoms with Crippen molar-refractivity contribution in [1.29, 1.82) is 5.26 Å². The van der Waals surface area contributed by atoms with Crippen LogP contribution < -0.4 is 0 Å². The minimum Gasteiger partial charge on any atom is -0.293 e. The van der Waals surface area contributed by atoms with Crippen LogP contribution >= 0.6 is 11.6 Å². The Balaban J connectivity index is 2.93. The molecule has 1 aromatic rings. The highest BCUT2D eigenvalue weighted by molar-refractivity contribution is 6.34. The number of benzene rings is 1. The van der Waals surface area contributed by atoms with Crippen LogP contribution in [-0.2, 0) is 0 Å². The molecule has 16 heavy (non-hydrogen) atoms. The zero-order valence-electron chi connectivity index (χ0n) is 9.40. The van der Waals surface area contributed by atoms with Crippen LogP contribution in [0.1, 0.15) is 30.6 Å². The normalized spacial score (nSPS) is 12.2. The second kappa shape index (κ2) is 5.67. The van der Waals surface area contributed by atoms with E-state index in [2.05, 4.69) is 6.07 Å². The highest BCUT2D eigenvalue weighted by atomic mass is 35.5. The van der Waals surface area contributed by atoms with E-state index in [9.17, 15) is 4.79 Å². The minimum absolute atomic E-state index is 0.179. The fourth-order valence-corrected chi connectivity index (χ4v) is 1.77. The Hall–Kier alpha value is -1.33. The van der Waals surface area contributed by atoms with Gasteiger partial charge in [0.25, 0.3) is 0 Å². The van der Waals surface area contributed by atoms with E-state index in [1.165, 1.54) is 0 Å². The molecule has 0 aliphatic rings. The number of hydrogen-bond acceptors (Lipinski definition) is 2. The molecule has 0 bridgehead atoms. The Morgan fingerprint density at radius 2 is 2.06 bits per heavy atom. The fourth-order valence-electron chi connectivity index (χ4n) is 1.54. The fraction of sp³-hybridized carbons (Fsp3) is 0.385. The average Bonchev–Trinajstić information content (AvgIpc) is 2.25. The lowest BCUT2D eigenvalue weighted by Gasteiger charge is -2.11. The molecule has 3 heteroatoms. The van der Waals surface area contributed by atoms with E-state index < -0.39 is 5.92 Å². The van der Waals surface area contributed by atoms with Gasteiger partial charge >= 0.3 is 0 Å². The van der Waals surface area contributed by atoms with Crippen molar-refractivity contribution in [3.8, 4) is 6.07 Å². The maximum atomic E-state index is 12.0. The van der Waals surface area contributed by atoms with Crippen molar-refractivity contribution < 1.29 is 4.79 Å². The van der Waals surface area contributed by atoms with Gasteiger partial charge in [-0.2, -0.15) is 5.26 Å². The number of hydrogen-bond donors (Lipinski definition) is 0. The Kier molecular flexibility index (Phi) is 4.52. The topological polar surface area (TPSA) is 40.9 Å². The first-order valence-electron chi connectivity index (χ1n) is 5.24. The largest absolute Gasteiger partial charge is 0.293 e. The van der Waals surface area contributed by atoms with Crippen LogP contribution in [0.4, 0.5) is 0 Å². The van der Waals surface area contributed by atoms with E-state index in [1.807, 2.05) is 13.8 Å². The molecule has 0 aliphatic carbocycles. The van der Waals surface area contributed by atoms with Gasteiger partial charge in [-0.25, -0.2) is 0 Å². The van der Waals surface area contributed by atoms with Gasteiger partial charge < -0.3 is 0 Å². The minimum atomic E-state index is -0.597. The smallest absolute Gasteiger partial charge is 0.181 e. The summed E-state index contributed by atoms with van der Waals surface area (Å²) >= 11 is 5.93. The average molecular weight is 236 g/mol. The van der Waals surface area contributed by atoms with Crippen molar-refractivity contribution in [2.24, 2.45) is 11.8 Å². The summed E-state index contributed by atoms with van der Waals surface area (Å²) in [6.07, 6.45) is 0.570. The third-order valence-corrected chi connectivity index (χ3v) is 2.65. The second-order valence-electron chi connectivity index (χ2n) is 4.16. The van der Waals surface area contributed by atoms with Gasteiger partial charge in [-0.3, -0.25) is 4.79 Å². The first-order chi connectivity index (χ1) is 7.56. The number of nitriles is 1. The predicted octanol–water partition coefficient (Wildman–Crippen LogP) is 3.71. The molecular weight excluding hydrogens is 222 g/mol. The van der Waals surface area contributed by atoms with Crippen molar-refractivity contribution in [3.63, 3.8) is 0 Å². The summed E-state index contributed by atoms with van der Waals surface area (Å²) in [6.45, 7) is 3.98. The van der Waals surface area contributed by atoms with Crippen molar-refractivity contribution in [2.75, 3.05) is 0 Å². The molecule has 1 aromatic carbocycles. The second-order valence-corrected chi connectivity index (χ2v) is 4.56. The molecule has 0 amide bonds. The van der Waals surface area contributed by atoms with Gasteiger partial charge in [0.15, 0.2) is 5.78 Å². The molecule has 0 aromatic heterocycles. The van der Waals surface area contributed by atoms with Crippen molar-refractivity contribution >= 4 is 17.4 Å². The molecule has 0 saturated carbocycles. The standard InChI is InChI=1S/C13H14ClNO/c1-9(2)7-10(8-15)13(16)11-5-3-4-6-12(11)14/h3-6,9-10H,7H2,1-2H3. The van der Waals surface area contributed by atoms with E-state index in [0.29, 0.717) is 22.9 Å². The van der Waals surface area contributed by atoms with E-state index >= 15 is 0 Å². The SMILES string of the molecule is CC(C)CC(C#N)C(=O)c1ccccc1Cl. The zero-order valence-corrected chi connectivity index (χ0v) is 10.2. The number of ketones is 1. The predicted molar refractivity (Wildman–Crippen MR) is 64.3 cm³/mol. The van der Waals surface area contributed by atoms with Gasteiger partial charge in [-0.05, 0) is 24.5 Å². The van der Waals surface area contributed by atoms with Gasteiger partial charge in [-0.1, -0.05) is 37.6 Å². The summed E-state index contributed by atoms with van der Waals surface area (Å²) in [7, 11) is 0. The first-order valence-corrected chi connectivity index (χ1v) is 5.62. The Morgan fingerprint density at radius 3 is 2.56 bits per heavy atom. The Labute approximate surface area is 101 Å². The van der Waals surface area contributed by atoms with Crippen molar-refractivity contribution in [1.82, 2.24) is 0 Å². The Bertz CT molecular complexity index is 420. The van der Waals surface area contributed by atoms with Crippen LogP contribution in [0.5, 0.6) is 0 Å². The number of halogens is 1. The number of nitrogens with zero attached hydrogens (tertiary/aromatic N) is 1. The first kappa shape index (κ1) is 12.7. The van der Waals surface area contributed by atoms with E-state index in [1.54, 1.807) is 24.3 Å². The lowest BCUT2D eigenvalue weighted by Crippen LogP contribution is -2.15. The molecule has 0 saturated heterocycles. The van der Waals surface area contributed by atoms with Crippen LogP contribution in [0.25, 0.3) is 0 Å². The highest BCUT2D eigenvalue weighted by Gasteiger charge is 2.22. The molecule has 0 heterocycles.